The molecular weight excluding hydrogens is 264 g/mol. The number of dihydropyridines is 1. The second-order valence-electron chi connectivity index (χ2n) is 1.78. The first-order valence-electron chi connectivity index (χ1n) is 2.79. The number of rotatable bonds is 1. The summed E-state index contributed by atoms with van der Waals surface area (Å²) in [6.07, 6.45) is 2.02. The second kappa shape index (κ2) is 3.48. The number of halogens is 2. The van der Waals surface area contributed by atoms with Gasteiger partial charge in [0.1, 0.15) is 5.16 Å². The molecule has 10 heavy (non-hydrogen) atoms. The number of ether oxygens (including phenoxy) is 1. The van der Waals surface area contributed by atoms with Crippen LogP contribution in [0.4, 0.5) is 0 Å². The van der Waals surface area contributed by atoms with E-state index in [0.29, 0.717) is 5.16 Å². The molecule has 1 heterocycles. The molecule has 56 valence electrons. The molecule has 0 saturated heterocycles. The van der Waals surface area contributed by atoms with Crippen molar-refractivity contribution in [2.24, 2.45) is 0 Å². The smallest absolute Gasteiger partial charge is 0.166 e. The summed E-state index contributed by atoms with van der Waals surface area (Å²) in [6.45, 7) is 0.782. The minimum Gasteiger partial charge on any atom is -0.493 e. The summed E-state index contributed by atoms with van der Waals surface area (Å²) in [5, 5.41) is 3.54. The van der Waals surface area contributed by atoms with Crippen LogP contribution in [0.2, 0.25) is 0 Å². The van der Waals surface area contributed by atoms with Crippen molar-refractivity contribution in [1.82, 2.24) is 5.32 Å². The zero-order chi connectivity index (χ0) is 7.56. The Kier molecular flexibility index (Phi) is 2.85. The lowest BCUT2D eigenvalue weighted by Crippen LogP contribution is -2.16. The molecular formula is C6H7ClINO. The van der Waals surface area contributed by atoms with E-state index in [4.69, 9.17) is 16.3 Å². The lowest BCUT2D eigenvalue weighted by Gasteiger charge is -2.14. The maximum Gasteiger partial charge on any atom is 0.166 e. The highest BCUT2D eigenvalue weighted by Crippen LogP contribution is 2.24. The fourth-order valence-corrected chi connectivity index (χ4v) is 1.82. The Balaban J connectivity index is 2.87. The number of nitrogens with one attached hydrogen (secondary N) is 1. The molecule has 1 N–H and O–H groups in total. The van der Waals surface area contributed by atoms with Crippen molar-refractivity contribution in [3.8, 4) is 0 Å². The Morgan fingerprint density at radius 2 is 2.50 bits per heavy atom. The maximum absolute atomic E-state index is 5.78. The molecule has 0 radical (unpaired) electrons. The van der Waals surface area contributed by atoms with E-state index >= 15 is 0 Å². The first kappa shape index (κ1) is 8.20. The van der Waals surface area contributed by atoms with Gasteiger partial charge in [0.05, 0.1) is 10.7 Å². The molecule has 0 aromatic heterocycles. The van der Waals surface area contributed by atoms with Gasteiger partial charge in [-0.15, -0.1) is 0 Å². The average molecular weight is 271 g/mol. The first-order valence-corrected chi connectivity index (χ1v) is 4.25. The molecule has 1 aliphatic rings. The molecule has 1 aliphatic heterocycles. The van der Waals surface area contributed by atoms with E-state index in [-0.39, 0.29) is 0 Å². The quantitative estimate of drug-likeness (QED) is 0.581. The predicted octanol–water partition coefficient (Wildman–Crippen LogP) is 1.96. The molecule has 0 bridgehead atoms. The van der Waals surface area contributed by atoms with Gasteiger partial charge in [0, 0.05) is 6.54 Å². The predicted molar refractivity (Wildman–Crippen MR) is 50.0 cm³/mol. The summed E-state index contributed by atoms with van der Waals surface area (Å²) >= 11 is 7.96. The van der Waals surface area contributed by atoms with E-state index < -0.39 is 0 Å². The minimum absolute atomic E-state index is 0.592. The molecule has 0 aromatic carbocycles. The van der Waals surface area contributed by atoms with Crippen LogP contribution in [0.25, 0.3) is 0 Å². The van der Waals surface area contributed by atoms with Gasteiger partial charge in [-0.1, -0.05) is 11.6 Å². The molecule has 0 spiro atoms. The van der Waals surface area contributed by atoms with Gasteiger partial charge in [-0.2, -0.15) is 0 Å². The average Bonchev–Trinajstić information content (AvgIpc) is 1.88. The molecule has 0 amide bonds. The van der Waals surface area contributed by atoms with Crippen LogP contribution in [0.5, 0.6) is 0 Å². The summed E-state index contributed by atoms with van der Waals surface area (Å²) < 4.78 is 6.08. The van der Waals surface area contributed by atoms with Crippen molar-refractivity contribution in [3.05, 3.63) is 20.6 Å². The summed E-state index contributed by atoms with van der Waals surface area (Å²) in [5.41, 5.74) is 0. The standard InChI is InChI=1S/C6H7ClINO/c1-10-5-4(8)2-3-9-6(5)7/h2,9H,3H2,1H3. The number of hydrogen-bond donors (Lipinski definition) is 1. The summed E-state index contributed by atoms with van der Waals surface area (Å²) in [7, 11) is 1.61. The third-order valence-electron chi connectivity index (χ3n) is 1.16. The summed E-state index contributed by atoms with van der Waals surface area (Å²) in [6, 6.07) is 0. The van der Waals surface area contributed by atoms with Gasteiger partial charge in [-0.3, -0.25) is 0 Å². The molecule has 2 nitrogen and oxygen atoms in total. The summed E-state index contributed by atoms with van der Waals surface area (Å²) in [4.78, 5) is 0. The summed E-state index contributed by atoms with van der Waals surface area (Å²) in [5.74, 6) is 0.730. The zero-order valence-corrected chi connectivity index (χ0v) is 8.36. The SMILES string of the molecule is COC1=C(Cl)NCC=C1I. The lowest BCUT2D eigenvalue weighted by atomic mass is 10.4. The van der Waals surface area contributed by atoms with Crippen molar-refractivity contribution < 1.29 is 4.74 Å². The van der Waals surface area contributed by atoms with Gasteiger partial charge in [-0.05, 0) is 28.7 Å². The van der Waals surface area contributed by atoms with E-state index in [1.807, 2.05) is 6.08 Å². The van der Waals surface area contributed by atoms with Crippen LogP contribution in [0, 0.1) is 0 Å². The van der Waals surface area contributed by atoms with Gasteiger partial charge in [0.2, 0.25) is 0 Å². The van der Waals surface area contributed by atoms with Crippen LogP contribution in [0.3, 0.4) is 0 Å². The van der Waals surface area contributed by atoms with Gasteiger partial charge < -0.3 is 10.1 Å². The second-order valence-corrected chi connectivity index (χ2v) is 3.32. The maximum atomic E-state index is 5.78. The normalized spacial score (nSPS) is 18.1. The molecule has 0 unspecified atom stereocenters. The third-order valence-corrected chi connectivity index (χ3v) is 2.39. The van der Waals surface area contributed by atoms with Gasteiger partial charge in [-0.25, -0.2) is 0 Å². The Labute approximate surface area is 78.4 Å². The lowest BCUT2D eigenvalue weighted by molar-refractivity contribution is 0.300. The van der Waals surface area contributed by atoms with Crippen molar-refractivity contribution in [2.45, 2.75) is 0 Å². The zero-order valence-electron chi connectivity index (χ0n) is 5.45. The Bertz CT molecular complexity index is 200. The molecule has 0 saturated carbocycles. The van der Waals surface area contributed by atoms with Crippen LogP contribution >= 0.6 is 34.2 Å². The largest absolute Gasteiger partial charge is 0.493 e. The van der Waals surface area contributed by atoms with Crippen LogP contribution in [0.15, 0.2) is 20.6 Å². The highest BCUT2D eigenvalue weighted by atomic mass is 127. The number of methoxy groups -OCH3 is 1. The number of hydrogen-bond acceptors (Lipinski definition) is 2. The van der Waals surface area contributed by atoms with Crippen molar-refractivity contribution >= 4 is 34.2 Å². The van der Waals surface area contributed by atoms with E-state index in [0.717, 1.165) is 15.9 Å². The fraction of sp³-hybridized carbons (Fsp3) is 0.333. The highest BCUT2D eigenvalue weighted by molar-refractivity contribution is 14.1. The molecule has 0 aromatic rings. The van der Waals surface area contributed by atoms with Crippen LogP contribution in [-0.4, -0.2) is 13.7 Å². The van der Waals surface area contributed by atoms with E-state index in [2.05, 4.69) is 27.9 Å². The van der Waals surface area contributed by atoms with Gasteiger partial charge in [0.15, 0.2) is 5.76 Å². The van der Waals surface area contributed by atoms with E-state index in [1.54, 1.807) is 7.11 Å². The molecule has 0 atom stereocenters. The first-order chi connectivity index (χ1) is 4.75. The third kappa shape index (κ3) is 1.58. The number of allylic oxidation sites excluding steroid dienone is 1. The van der Waals surface area contributed by atoms with Gasteiger partial charge in [0.25, 0.3) is 0 Å². The van der Waals surface area contributed by atoms with Crippen molar-refractivity contribution in [1.29, 1.82) is 0 Å². The Hall–Kier alpha value is 0.100. The fourth-order valence-electron chi connectivity index (χ4n) is 0.695. The Morgan fingerprint density at radius 3 is 2.90 bits per heavy atom. The molecule has 4 heteroatoms. The Morgan fingerprint density at radius 1 is 1.80 bits per heavy atom. The van der Waals surface area contributed by atoms with Crippen LogP contribution < -0.4 is 5.32 Å². The van der Waals surface area contributed by atoms with Crippen LogP contribution in [0.1, 0.15) is 0 Å². The van der Waals surface area contributed by atoms with E-state index in [9.17, 15) is 0 Å². The monoisotopic (exact) mass is 271 g/mol. The minimum atomic E-state index is 0.592. The van der Waals surface area contributed by atoms with Crippen LogP contribution in [-0.2, 0) is 4.74 Å². The highest BCUT2D eigenvalue weighted by Gasteiger charge is 2.11. The molecule has 1 rings (SSSR count). The van der Waals surface area contributed by atoms with E-state index in [1.165, 1.54) is 0 Å². The van der Waals surface area contributed by atoms with Crippen molar-refractivity contribution in [3.63, 3.8) is 0 Å². The molecule has 0 aliphatic carbocycles. The topological polar surface area (TPSA) is 21.3 Å². The van der Waals surface area contributed by atoms with Gasteiger partial charge >= 0.3 is 0 Å². The molecule has 0 fully saturated rings. The van der Waals surface area contributed by atoms with Crippen molar-refractivity contribution in [2.75, 3.05) is 13.7 Å².